The number of rotatable bonds is 4. The highest BCUT2D eigenvalue weighted by Gasteiger charge is 2.38. The SMILES string of the molecule is CC(C)(C(=O)NC1COCC1C(=O)O)c1ccc(N)cc1. The van der Waals surface area contributed by atoms with Crippen LogP contribution >= 0.6 is 0 Å². The highest BCUT2D eigenvalue weighted by Crippen LogP contribution is 2.25. The zero-order valence-electron chi connectivity index (χ0n) is 12.1. The lowest BCUT2D eigenvalue weighted by atomic mass is 9.83. The number of nitrogen functional groups attached to an aromatic ring is 1. The molecule has 0 aromatic heterocycles. The summed E-state index contributed by atoms with van der Waals surface area (Å²) >= 11 is 0. The van der Waals surface area contributed by atoms with Crippen molar-refractivity contribution < 1.29 is 19.4 Å². The Kier molecular flexibility index (Phi) is 4.18. The van der Waals surface area contributed by atoms with E-state index >= 15 is 0 Å². The van der Waals surface area contributed by atoms with E-state index in [1.165, 1.54) is 0 Å². The number of carboxylic acid groups (broad SMARTS) is 1. The van der Waals surface area contributed by atoms with Crippen LogP contribution in [0.3, 0.4) is 0 Å². The molecule has 2 rings (SSSR count). The number of hydrogen-bond donors (Lipinski definition) is 3. The first-order valence-corrected chi connectivity index (χ1v) is 6.80. The minimum absolute atomic E-state index is 0.128. The second-order valence-electron chi connectivity index (χ2n) is 5.81. The molecule has 2 unspecified atom stereocenters. The molecule has 0 saturated carbocycles. The predicted octanol–water partition coefficient (Wildman–Crippen LogP) is 0.762. The molecule has 0 aliphatic carbocycles. The molecule has 1 saturated heterocycles. The predicted molar refractivity (Wildman–Crippen MR) is 77.8 cm³/mol. The monoisotopic (exact) mass is 292 g/mol. The van der Waals surface area contributed by atoms with Gasteiger partial charge in [0.15, 0.2) is 0 Å². The largest absolute Gasteiger partial charge is 0.481 e. The van der Waals surface area contributed by atoms with E-state index in [-0.39, 0.29) is 19.1 Å². The number of ether oxygens (including phenoxy) is 1. The minimum atomic E-state index is -0.955. The van der Waals surface area contributed by atoms with Crippen LogP contribution in [0.25, 0.3) is 0 Å². The molecule has 114 valence electrons. The molecule has 21 heavy (non-hydrogen) atoms. The Morgan fingerprint density at radius 1 is 1.29 bits per heavy atom. The van der Waals surface area contributed by atoms with E-state index in [1.54, 1.807) is 38.1 Å². The number of benzene rings is 1. The van der Waals surface area contributed by atoms with Crippen LogP contribution in [-0.4, -0.2) is 36.2 Å². The lowest BCUT2D eigenvalue weighted by Gasteiger charge is -2.27. The van der Waals surface area contributed by atoms with Gasteiger partial charge in [-0.15, -0.1) is 0 Å². The van der Waals surface area contributed by atoms with E-state index in [2.05, 4.69) is 5.32 Å². The zero-order chi connectivity index (χ0) is 15.6. The molecule has 0 radical (unpaired) electrons. The smallest absolute Gasteiger partial charge is 0.311 e. The minimum Gasteiger partial charge on any atom is -0.481 e. The van der Waals surface area contributed by atoms with E-state index in [9.17, 15) is 9.59 Å². The van der Waals surface area contributed by atoms with Crippen molar-refractivity contribution in [2.24, 2.45) is 5.92 Å². The van der Waals surface area contributed by atoms with Crippen molar-refractivity contribution in [3.63, 3.8) is 0 Å². The Balaban J connectivity index is 2.11. The van der Waals surface area contributed by atoms with E-state index in [4.69, 9.17) is 15.6 Å². The molecule has 1 heterocycles. The van der Waals surface area contributed by atoms with Crippen molar-refractivity contribution in [3.05, 3.63) is 29.8 Å². The van der Waals surface area contributed by atoms with Gasteiger partial charge in [0.25, 0.3) is 0 Å². The van der Waals surface area contributed by atoms with Crippen molar-refractivity contribution in [3.8, 4) is 0 Å². The molecular formula is C15H20N2O4. The number of nitrogens with one attached hydrogen (secondary N) is 1. The normalized spacial score (nSPS) is 22.0. The average molecular weight is 292 g/mol. The fourth-order valence-electron chi connectivity index (χ4n) is 2.32. The van der Waals surface area contributed by atoms with Gasteiger partial charge in [0, 0.05) is 5.69 Å². The second kappa shape index (κ2) is 5.73. The Bertz CT molecular complexity index is 539. The van der Waals surface area contributed by atoms with Crippen molar-refractivity contribution >= 4 is 17.6 Å². The third kappa shape index (κ3) is 3.16. The summed E-state index contributed by atoms with van der Waals surface area (Å²) in [5.41, 5.74) is 6.32. The fraction of sp³-hybridized carbons (Fsp3) is 0.467. The third-order valence-corrected chi connectivity index (χ3v) is 3.91. The summed E-state index contributed by atoms with van der Waals surface area (Å²) in [6.45, 7) is 3.93. The molecule has 1 aliphatic heterocycles. The lowest BCUT2D eigenvalue weighted by Crippen LogP contribution is -2.49. The number of hydrogen-bond acceptors (Lipinski definition) is 4. The Hall–Kier alpha value is -2.08. The van der Waals surface area contributed by atoms with Gasteiger partial charge in [-0.05, 0) is 31.5 Å². The Labute approximate surface area is 123 Å². The van der Waals surface area contributed by atoms with E-state index in [1.807, 2.05) is 0 Å². The van der Waals surface area contributed by atoms with Crippen LogP contribution in [0, 0.1) is 5.92 Å². The second-order valence-corrected chi connectivity index (χ2v) is 5.81. The number of carbonyl (C=O) groups excluding carboxylic acids is 1. The first kappa shape index (κ1) is 15.3. The summed E-state index contributed by atoms with van der Waals surface area (Å²) in [7, 11) is 0. The van der Waals surface area contributed by atoms with Crippen LogP contribution < -0.4 is 11.1 Å². The lowest BCUT2D eigenvalue weighted by molar-refractivity contribution is -0.142. The summed E-state index contributed by atoms with van der Waals surface area (Å²) < 4.78 is 5.15. The maximum absolute atomic E-state index is 12.5. The van der Waals surface area contributed by atoms with Gasteiger partial charge in [0.05, 0.1) is 24.7 Å². The molecule has 6 nitrogen and oxygen atoms in total. The fourth-order valence-corrected chi connectivity index (χ4v) is 2.32. The van der Waals surface area contributed by atoms with Crippen molar-refractivity contribution in [1.29, 1.82) is 0 Å². The van der Waals surface area contributed by atoms with Gasteiger partial charge in [-0.25, -0.2) is 0 Å². The summed E-state index contributed by atoms with van der Waals surface area (Å²) in [6.07, 6.45) is 0. The van der Waals surface area contributed by atoms with Gasteiger partial charge >= 0.3 is 5.97 Å². The molecule has 0 spiro atoms. The maximum Gasteiger partial charge on any atom is 0.311 e. The van der Waals surface area contributed by atoms with Crippen LogP contribution in [0.4, 0.5) is 5.69 Å². The maximum atomic E-state index is 12.5. The van der Waals surface area contributed by atoms with Gasteiger partial charge < -0.3 is 20.9 Å². The number of nitrogens with two attached hydrogens (primary N) is 1. The van der Waals surface area contributed by atoms with Crippen LogP contribution in [0.15, 0.2) is 24.3 Å². The number of carbonyl (C=O) groups is 2. The van der Waals surface area contributed by atoms with Crippen molar-refractivity contribution in [2.45, 2.75) is 25.3 Å². The molecule has 1 aromatic carbocycles. The van der Waals surface area contributed by atoms with Crippen LogP contribution in [0.1, 0.15) is 19.4 Å². The molecule has 6 heteroatoms. The number of anilines is 1. The van der Waals surface area contributed by atoms with Crippen LogP contribution in [0.5, 0.6) is 0 Å². The summed E-state index contributed by atoms with van der Waals surface area (Å²) in [5, 5.41) is 11.9. The highest BCUT2D eigenvalue weighted by molar-refractivity contribution is 5.88. The molecular weight excluding hydrogens is 272 g/mol. The molecule has 1 aromatic rings. The van der Waals surface area contributed by atoms with Crippen LogP contribution in [0.2, 0.25) is 0 Å². The molecule has 2 atom stereocenters. The number of aliphatic carboxylic acids is 1. The molecule has 4 N–H and O–H groups in total. The average Bonchev–Trinajstić information content (AvgIpc) is 2.87. The first-order chi connectivity index (χ1) is 9.82. The van der Waals surface area contributed by atoms with Crippen LogP contribution in [-0.2, 0) is 19.7 Å². The van der Waals surface area contributed by atoms with E-state index in [0.29, 0.717) is 5.69 Å². The summed E-state index contributed by atoms with van der Waals surface area (Å²) in [5.74, 6) is -1.88. The van der Waals surface area contributed by atoms with Crippen molar-refractivity contribution in [2.75, 3.05) is 18.9 Å². The Morgan fingerprint density at radius 3 is 2.48 bits per heavy atom. The summed E-state index contributed by atoms with van der Waals surface area (Å²) in [6, 6.07) is 6.58. The number of carboxylic acids is 1. The van der Waals surface area contributed by atoms with Gasteiger partial charge in [-0.3, -0.25) is 9.59 Å². The molecule has 1 aliphatic rings. The standard InChI is InChI=1S/C15H20N2O4/c1-15(2,9-3-5-10(16)6-4-9)14(20)17-12-8-21-7-11(12)13(18)19/h3-6,11-12H,7-8,16H2,1-2H3,(H,17,20)(H,18,19). The van der Waals surface area contributed by atoms with Gasteiger partial charge in [-0.2, -0.15) is 0 Å². The van der Waals surface area contributed by atoms with Gasteiger partial charge in [0.2, 0.25) is 5.91 Å². The van der Waals surface area contributed by atoms with Gasteiger partial charge in [0.1, 0.15) is 5.92 Å². The van der Waals surface area contributed by atoms with Crippen molar-refractivity contribution in [1.82, 2.24) is 5.32 Å². The molecule has 0 bridgehead atoms. The summed E-state index contributed by atoms with van der Waals surface area (Å²) in [4.78, 5) is 23.6. The topological polar surface area (TPSA) is 102 Å². The molecule has 1 fully saturated rings. The third-order valence-electron chi connectivity index (χ3n) is 3.91. The number of amides is 1. The van der Waals surface area contributed by atoms with E-state index < -0.39 is 23.3 Å². The molecule has 1 amide bonds. The van der Waals surface area contributed by atoms with E-state index in [0.717, 1.165) is 5.56 Å². The first-order valence-electron chi connectivity index (χ1n) is 6.80. The Morgan fingerprint density at radius 2 is 1.90 bits per heavy atom. The van der Waals surface area contributed by atoms with Gasteiger partial charge in [-0.1, -0.05) is 12.1 Å². The quantitative estimate of drug-likeness (QED) is 0.711. The zero-order valence-corrected chi connectivity index (χ0v) is 12.1. The highest BCUT2D eigenvalue weighted by atomic mass is 16.5.